The van der Waals surface area contributed by atoms with E-state index in [0.717, 1.165) is 5.56 Å². The van der Waals surface area contributed by atoms with E-state index in [2.05, 4.69) is 5.32 Å². The molecule has 1 rings (SSSR count). The summed E-state index contributed by atoms with van der Waals surface area (Å²) in [5, 5.41) is 2.77. The Morgan fingerprint density at radius 2 is 2.05 bits per heavy atom. The van der Waals surface area contributed by atoms with Crippen LogP contribution < -0.4 is 11.1 Å². The second-order valence-electron chi connectivity index (χ2n) is 4.68. The van der Waals surface area contributed by atoms with E-state index >= 15 is 0 Å². The van der Waals surface area contributed by atoms with Gasteiger partial charge in [0.1, 0.15) is 0 Å². The largest absolute Gasteiger partial charge is 0.325 e. The molecule has 6 heteroatoms. The molecule has 108 valence electrons. The van der Waals surface area contributed by atoms with Crippen molar-refractivity contribution in [3.05, 3.63) is 29.8 Å². The summed E-state index contributed by atoms with van der Waals surface area (Å²) in [5.74, 6) is 0.385. The van der Waals surface area contributed by atoms with Gasteiger partial charge in [-0.2, -0.15) is 0 Å². The third-order valence-corrected chi connectivity index (χ3v) is 3.33. The summed E-state index contributed by atoms with van der Waals surface area (Å²) in [6.07, 6.45) is 1.65. The van der Waals surface area contributed by atoms with E-state index in [4.69, 9.17) is 5.73 Å². The van der Waals surface area contributed by atoms with Crippen molar-refractivity contribution in [1.82, 2.24) is 0 Å². The molecular weight excluding hydrogens is 284 g/mol. The van der Waals surface area contributed by atoms with Crippen LogP contribution >= 0.6 is 12.4 Å². The molecular formula is C13H21ClN2O2S. The van der Waals surface area contributed by atoms with Crippen molar-refractivity contribution in [3.8, 4) is 0 Å². The summed E-state index contributed by atoms with van der Waals surface area (Å²) >= 11 is 0. The van der Waals surface area contributed by atoms with Gasteiger partial charge < -0.3 is 11.1 Å². The molecule has 0 fully saturated rings. The molecule has 0 aliphatic carbocycles. The maximum atomic E-state index is 11.8. The third kappa shape index (κ3) is 6.18. The number of hydrogen-bond acceptors (Lipinski definition) is 3. The Bertz CT molecular complexity index is 452. The van der Waals surface area contributed by atoms with E-state index in [0.29, 0.717) is 11.4 Å². The Hall–Kier alpha value is -0.910. The molecule has 1 amide bonds. The Morgan fingerprint density at radius 1 is 1.42 bits per heavy atom. The lowest BCUT2D eigenvalue weighted by atomic mass is 10.0. The predicted molar refractivity (Wildman–Crippen MR) is 82.9 cm³/mol. The van der Waals surface area contributed by atoms with Gasteiger partial charge in [-0.3, -0.25) is 9.00 Å². The summed E-state index contributed by atoms with van der Waals surface area (Å²) in [4.78, 5) is 11.8. The number of carbonyl (C=O) groups excluding carboxylic acids is 1. The Labute approximate surface area is 123 Å². The highest BCUT2D eigenvalue weighted by molar-refractivity contribution is 7.83. The van der Waals surface area contributed by atoms with Crippen LogP contribution in [0.2, 0.25) is 0 Å². The lowest BCUT2D eigenvalue weighted by Gasteiger charge is -2.15. The monoisotopic (exact) mass is 304 g/mol. The zero-order valence-corrected chi connectivity index (χ0v) is 13.0. The van der Waals surface area contributed by atoms with Crippen LogP contribution in [0.1, 0.15) is 19.4 Å². The van der Waals surface area contributed by atoms with Gasteiger partial charge in [0.25, 0.3) is 0 Å². The average molecular weight is 305 g/mol. The van der Waals surface area contributed by atoms with Gasteiger partial charge in [0.05, 0.1) is 6.04 Å². The molecule has 2 atom stereocenters. The molecule has 0 aromatic heterocycles. The molecule has 1 unspecified atom stereocenters. The van der Waals surface area contributed by atoms with Crippen molar-refractivity contribution in [3.63, 3.8) is 0 Å². The van der Waals surface area contributed by atoms with Crippen LogP contribution in [0.4, 0.5) is 5.69 Å². The minimum atomic E-state index is -0.891. The van der Waals surface area contributed by atoms with Gasteiger partial charge in [-0.05, 0) is 23.6 Å². The topological polar surface area (TPSA) is 72.2 Å². The number of rotatable bonds is 5. The first-order chi connectivity index (χ1) is 8.40. The Balaban J connectivity index is 0.00000324. The van der Waals surface area contributed by atoms with Crippen molar-refractivity contribution >= 4 is 34.8 Å². The number of hydrogen-bond donors (Lipinski definition) is 2. The fourth-order valence-electron chi connectivity index (χ4n) is 1.50. The minimum Gasteiger partial charge on any atom is -0.325 e. The summed E-state index contributed by atoms with van der Waals surface area (Å²) in [5.41, 5.74) is 7.40. The average Bonchev–Trinajstić information content (AvgIpc) is 2.27. The molecule has 0 bridgehead atoms. The number of amides is 1. The van der Waals surface area contributed by atoms with E-state index in [-0.39, 0.29) is 24.2 Å². The molecule has 0 heterocycles. The first-order valence-corrected chi connectivity index (χ1v) is 7.58. The van der Waals surface area contributed by atoms with Crippen LogP contribution in [0.3, 0.4) is 0 Å². The van der Waals surface area contributed by atoms with E-state index < -0.39 is 16.8 Å². The molecule has 4 nitrogen and oxygen atoms in total. The van der Waals surface area contributed by atoms with E-state index in [1.807, 2.05) is 32.0 Å². The normalized spacial score (nSPS) is 13.5. The Kier molecular flexibility index (Phi) is 7.90. The smallest absolute Gasteiger partial charge is 0.241 e. The van der Waals surface area contributed by atoms with Gasteiger partial charge in [0, 0.05) is 28.5 Å². The predicted octanol–water partition coefficient (Wildman–Crippen LogP) is 1.91. The van der Waals surface area contributed by atoms with Crippen molar-refractivity contribution in [1.29, 1.82) is 0 Å². The maximum Gasteiger partial charge on any atom is 0.241 e. The highest BCUT2D eigenvalue weighted by atomic mass is 35.5. The molecule has 1 aromatic rings. The highest BCUT2D eigenvalue weighted by Crippen LogP contribution is 2.13. The van der Waals surface area contributed by atoms with Gasteiger partial charge >= 0.3 is 0 Å². The first kappa shape index (κ1) is 18.1. The quantitative estimate of drug-likeness (QED) is 0.873. The van der Waals surface area contributed by atoms with Crippen LogP contribution in [0.5, 0.6) is 0 Å². The number of nitrogens with one attached hydrogen (secondary N) is 1. The lowest BCUT2D eigenvalue weighted by molar-refractivity contribution is -0.118. The van der Waals surface area contributed by atoms with Gasteiger partial charge in [-0.1, -0.05) is 26.0 Å². The lowest BCUT2D eigenvalue weighted by Crippen LogP contribution is -2.39. The summed E-state index contributed by atoms with van der Waals surface area (Å²) in [6.45, 7) is 3.81. The Morgan fingerprint density at radius 3 is 2.58 bits per heavy atom. The van der Waals surface area contributed by atoms with Gasteiger partial charge in [0.2, 0.25) is 5.91 Å². The van der Waals surface area contributed by atoms with E-state index in [1.54, 1.807) is 12.3 Å². The molecule has 3 N–H and O–H groups in total. The van der Waals surface area contributed by atoms with E-state index in [1.165, 1.54) is 0 Å². The molecule has 0 aliphatic rings. The van der Waals surface area contributed by atoms with Gasteiger partial charge in [0.15, 0.2) is 0 Å². The van der Waals surface area contributed by atoms with Crippen LogP contribution in [-0.2, 0) is 21.3 Å². The van der Waals surface area contributed by atoms with Crippen molar-refractivity contribution < 1.29 is 9.00 Å². The fraction of sp³-hybridized carbons (Fsp3) is 0.462. The van der Waals surface area contributed by atoms with Crippen LogP contribution in [0.25, 0.3) is 0 Å². The van der Waals surface area contributed by atoms with Crippen molar-refractivity contribution in [2.45, 2.75) is 25.6 Å². The van der Waals surface area contributed by atoms with Crippen molar-refractivity contribution in [2.75, 3.05) is 11.6 Å². The number of anilines is 1. The minimum absolute atomic E-state index is 0. The summed E-state index contributed by atoms with van der Waals surface area (Å²) < 4.78 is 11.1. The zero-order chi connectivity index (χ0) is 13.7. The first-order valence-electron chi connectivity index (χ1n) is 5.85. The second-order valence-corrected chi connectivity index (χ2v) is 6.11. The van der Waals surface area contributed by atoms with Crippen molar-refractivity contribution in [2.24, 2.45) is 11.7 Å². The molecule has 0 radical (unpaired) electrons. The summed E-state index contributed by atoms with van der Waals surface area (Å²) in [7, 11) is -0.891. The van der Waals surface area contributed by atoms with E-state index in [9.17, 15) is 9.00 Å². The molecule has 0 saturated carbocycles. The number of nitrogens with two attached hydrogens (primary N) is 1. The van der Waals surface area contributed by atoms with Crippen LogP contribution in [0.15, 0.2) is 24.3 Å². The molecule has 0 aliphatic heterocycles. The number of halogens is 1. The zero-order valence-electron chi connectivity index (χ0n) is 11.4. The fourth-order valence-corrected chi connectivity index (χ4v) is 2.15. The number of carbonyl (C=O) groups is 1. The van der Waals surface area contributed by atoms with Gasteiger partial charge in [-0.15, -0.1) is 12.4 Å². The van der Waals surface area contributed by atoms with Gasteiger partial charge in [-0.25, -0.2) is 0 Å². The van der Waals surface area contributed by atoms with Crippen LogP contribution in [-0.4, -0.2) is 22.4 Å². The second kappa shape index (κ2) is 8.30. The molecule has 1 aromatic carbocycles. The molecule has 0 saturated heterocycles. The molecule has 19 heavy (non-hydrogen) atoms. The standard InChI is InChI=1S/C13H20N2O2S.ClH/c1-9(2)12(14)13(16)15-11-6-4-5-10(7-11)8-18(3)17;/h4-7,9,12H,8,14H2,1-3H3,(H,15,16);1H/t12-,18?;/m0./s1. The summed E-state index contributed by atoms with van der Waals surface area (Å²) in [6, 6.07) is 6.83. The third-order valence-electron chi connectivity index (χ3n) is 2.59. The SMILES string of the molecule is CC(C)[C@H](N)C(=O)Nc1cccc(CS(C)=O)c1.Cl. The van der Waals surface area contributed by atoms with Crippen LogP contribution in [0, 0.1) is 5.92 Å². The highest BCUT2D eigenvalue weighted by Gasteiger charge is 2.17. The number of benzene rings is 1. The molecule has 0 spiro atoms. The maximum absolute atomic E-state index is 11.8.